The summed E-state index contributed by atoms with van der Waals surface area (Å²) >= 11 is 0. The summed E-state index contributed by atoms with van der Waals surface area (Å²) in [4.78, 5) is 27.7. The fourth-order valence-corrected chi connectivity index (χ4v) is 4.15. The molecule has 0 bridgehead atoms. The summed E-state index contributed by atoms with van der Waals surface area (Å²) < 4.78 is 1.78. The zero-order valence-electron chi connectivity index (χ0n) is 19.5. The van der Waals surface area contributed by atoms with Crippen LogP contribution in [0, 0.1) is 12.8 Å². The van der Waals surface area contributed by atoms with Crippen LogP contribution in [-0.2, 0) is 18.4 Å². The van der Waals surface area contributed by atoms with E-state index in [0.29, 0.717) is 18.7 Å². The number of amides is 2. The van der Waals surface area contributed by atoms with E-state index < -0.39 is 0 Å². The van der Waals surface area contributed by atoms with Crippen LogP contribution in [0.1, 0.15) is 72.0 Å². The average Bonchev–Trinajstić information content (AvgIpc) is 3.48. The molecule has 7 heteroatoms. The second-order valence-electron chi connectivity index (χ2n) is 8.84. The van der Waals surface area contributed by atoms with Gasteiger partial charge in [0.05, 0.1) is 12.8 Å². The molecule has 174 valence electrons. The number of nitrogens with one attached hydrogen (secondary N) is 1. The number of rotatable bonds is 12. The Balaban J connectivity index is 1.55. The first-order valence-corrected chi connectivity index (χ1v) is 11.7. The van der Waals surface area contributed by atoms with Gasteiger partial charge in [0.15, 0.2) is 0 Å². The van der Waals surface area contributed by atoms with Gasteiger partial charge in [0.1, 0.15) is 0 Å². The maximum atomic E-state index is 13.2. The van der Waals surface area contributed by atoms with Crippen LogP contribution < -0.4 is 5.32 Å². The molecule has 1 aliphatic carbocycles. The maximum absolute atomic E-state index is 13.2. The van der Waals surface area contributed by atoms with Crippen LogP contribution in [0.2, 0.25) is 0 Å². The fourth-order valence-electron chi connectivity index (χ4n) is 4.15. The van der Waals surface area contributed by atoms with Crippen molar-refractivity contribution < 1.29 is 14.7 Å². The largest absolute Gasteiger partial charge is 0.392 e. The Bertz CT molecular complexity index is 924. The highest BCUT2D eigenvalue weighted by molar-refractivity contribution is 5.94. The molecule has 1 fully saturated rings. The first kappa shape index (κ1) is 24.0. The second-order valence-corrected chi connectivity index (χ2v) is 8.84. The van der Waals surface area contributed by atoms with Crippen molar-refractivity contribution in [3.63, 3.8) is 0 Å². The van der Waals surface area contributed by atoms with Crippen LogP contribution in [0.15, 0.2) is 30.6 Å². The predicted molar refractivity (Wildman–Crippen MR) is 124 cm³/mol. The number of aryl methyl sites for hydroxylation is 2. The summed E-state index contributed by atoms with van der Waals surface area (Å²) in [5.41, 5.74) is 3.37. The molecule has 2 amide bonds. The van der Waals surface area contributed by atoms with E-state index in [1.165, 1.54) is 6.42 Å². The molecule has 0 saturated heterocycles. The summed E-state index contributed by atoms with van der Waals surface area (Å²) in [6, 6.07) is 5.33. The van der Waals surface area contributed by atoms with Crippen molar-refractivity contribution in [1.29, 1.82) is 0 Å². The van der Waals surface area contributed by atoms with Crippen molar-refractivity contribution in [3.8, 4) is 0 Å². The molecule has 1 aliphatic rings. The molecule has 2 aromatic rings. The number of unbranched alkanes of at least 4 members (excludes halogenated alkanes) is 3. The molecule has 1 aromatic carbocycles. The van der Waals surface area contributed by atoms with Crippen LogP contribution in [0.3, 0.4) is 0 Å². The SMILES string of the molecule is CCCCCCN(CCNC(=O)c1ccc(C)c(CO)c1)C(=O)[C@@H]1C[C@H]1c1cnn(C)c1. The Kier molecular flexibility index (Phi) is 8.45. The summed E-state index contributed by atoms with van der Waals surface area (Å²) in [5, 5.41) is 16.6. The lowest BCUT2D eigenvalue weighted by atomic mass is 10.1. The van der Waals surface area contributed by atoms with E-state index in [2.05, 4.69) is 17.3 Å². The van der Waals surface area contributed by atoms with Crippen LogP contribution in [0.25, 0.3) is 0 Å². The number of aliphatic hydroxyl groups excluding tert-OH is 1. The summed E-state index contributed by atoms with van der Waals surface area (Å²) in [5.74, 6) is 0.277. The molecular weight excluding hydrogens is 404 g/mol. The van der Waals surface area contributed by atoms with Gasteiger partial charge in [-0.05, 0) is 54.5 Å². The molecule has 1 heterocycles. The van der Waals surface area contributed by atoms with Gasteiger partial charge in [-0.15, -0.1) is 0 Å². The minimum Gasteiger partial charge on any atom is -0.392 e. The predicted octanol–water partition coefficient (Wildman–Crippen LogP) is 3.16. The highest BCUT2D eigenvalue weighted by Crippen LogP contribution is 2.48. The van der Waals surface area contributed by atoms with Crippen LogP contribution in [-0.4, -0.2) is 51.2 Å². The second kappa shape index (κ2) is 11.3. The third-order valence-corrected chi connectivity index (χ3v) is 6.30. The van der Waals surface area contributed by atoms with Crippen molar-refractivity contribution in [2.45, 2.75) is 58.5 Å². The van der Waals surface area contributed by atoms with Gasteiger partial charge >= 0.3 is 0 Å². The molecule has 0 unspecified atom stereocenters. The van der Waals surface area contributed by atoms with Gasteiger partial charge in [-0.1, -0.05) is 32.3 Å². The van der Waals surface area contributed by atoms with Crippen LogP contribution in [0.4, 0.5) is 0 Å². The van der Waals surface area contributed by atoms with Crippen molar-refractivity contribution in [2.24, 2.45) is 13.0 Å². The number of carbonyl (C=O) groups excluding carboxylic acids is 2. The lowest BCUT2D eigenvalue weighted by Gasteiger charge is -2.23. The average molecular weight is 441 g/mol. The number of aliphatic hydroxyl groups is 1. The number of benzene rings is 1. The highest BCUT2D eigenvalue weighted by Gasteiger charge is 2.46. The van der Waals surface area contributed by atoms with Gasteiger partial charge in [-0.25, -0.2) is 0 Å². The van der Waals surface area contributed by atoms with Crippen molar-refractivity contribution in [3.05, 3.63) is 52.8 Å². The van der Waals surface area contributed by atoms with E-state index in [4.69, 9.17) is 0 Å². The first-order chi connectivity index (χ1) is 15.4. The fraction of sp³-hybridized carbons (Fsp3) is 0.560. The zero-order valence-corrected chi connectivity index (χ0v) is 19.5. The molecular formula is C25H36N4O3. The highest BCUT2D eigenvalue weighted by atomic mass is 16.3. The van der Waals surface area contributed by atoms with Crippen LogP contribution in [0.5, 0.6) is 0 Å². The van der Waals surface area contributed by atoms with E-state index in [1.54, 1.807) is 16.8 Å². The molecule has 2 atom stereocenters. The number of carbonyl (C=O) groups is 2. The van der Waals surface area contributed by atoms with E-state index in [9.17, 15) is 14.7 Å². The number of hydrogen-bond donors (Lipinski definition) is 2. The number of nitrogens with zero attached hydrogens (tertiary/aromatic N) is 3. The lowest BCUT2D eigenvalue weighted by Crippen LogP contribution is -2.40. The Labute approximate surface area is 190 Å². The van der Waals surface area contributed by atoms with Gasteiger partial charge in [0, 0.05) is 44.4 Å². The third-order valence-electron chi connectivity index (χ3n) is 6.30. The molecule has 0 spiro atoms. The zero-order chi connectivity index (χ0) is 23.1. The molecule has 3 rings (SSSR count). The summed E-state index contributed by atoms with van der Waals surface area (Å²) in [6.07, 6.45) is 9.13. The molecule has 1 saturated carbocycles. The Morgan fingerprint density at radius 2 is 2.06 bits per heavy atom. The number of aromatic nitrogens is 2. The standard InChI is InChI=1S/C25H36N4O3/c1-4-5-6-7-11-29(25(32)23-14-22(23)21-15-27-28(3)16-21)12-10-26-24(31)19-9-8-18(2)20(13-19)17-30/h8-9,13,15-16,22-23,30H,4-7,10-12,14,17H2,1-3H3,(H,26,31)/t22-,23+/m0/s1. The normalized spacial score (nSPS) is 17.2. The minimum absolute atomic E-state index is 0.0188. The van der Waals surface area contributed by atoms with E-state index in [1.807, 2.05) is 37.3 Å². The monoisotopic (exact) mass is 440 g/mol. The maximum Gasteiger partial charge on any atom is 0.251 e. The molecule has 7 nitrogen and oxygen atoms in total. The van der Waals surface area contributed by atoms with Gasteiger partial charge < -0.3 is 15.3 Å². The van der Waals surface area contributed by atoms with Gasteiger partial charge in [0.25, 0.3) is 5.91 Å². The van der Waals surface area contributed by atoms with Crippen molar-refractivity contribution in [1.82, 2.24) is 20.0 Å². The van der Waals surface area contributed by atoms with E-state index in [-0.39, 0.29) is 30.3 Å². The topological polar surface area (TPSA) is 87.5 Å². The Morgan fingerprint density at radius 1 is 1.25 bits per heavy atom. The quantitative estimate of drug-likeness (QED) is 0.496. The van der Waals surface area contributed by atoms with E-state index in [0.717, 1.165) is 48.9 Å². The lowest BCUT2D eigenvalue weighted by molar-refractivity contribution is -0.132. The minimum atomic E-state index is -0.183. The molecule has 1 aromatic heterocycles. The van der Waals surface area contributed by atoms with Gasteiger partial charge in [-0.3, -0.25) is 14.3 Å². The van der Waals surface area contributed by atoms with Crippen LogP contribution >= 0.6 is 0 Å². The summed E-state index contributed by atoms with van der Waals surface area (Å²) in [7, 11) is 1.89. The Morgan fingerprint density at radius 3 is 2.75 bits per heavy atom. The van der Waals surface area contributed by atoms with Gasteiger partial charge in [-0.2, -0.15) is 5.10 Å². The number of hydrogen-bond acceptors (Lipinski definition) is 4. The summed E-state index contributed by atoms with van der Waals surface area (Å²) in [6.45, 7) is 5.63. The molecule has 0 aliphatic heterocycles. The molecule has 32 heavy (non-hydrogen) atoms. The molecule has 2 N–H and O–H groups in total. The van der Waals surface area contributed by atoms with Crippen molar-refractivity contribution >= 4 is 11.8 Å². The van der Waals surface area contributed by atoms with E-state index >= 15 is 0 Å². The first-order valence-electron chi connectivity index (χ1n) is 11.7. The third kappa shape index (κ3) is 6.19. The Hall–Kier alpha value is -2.67. The smallest absolute Gasteiger partial charge is 0.251 e. The van der Waals surface area contributed by atoms with Crippen molar-refractivity contribution in [2.75, 3.05) is 19.6 Å². The van der Waals surface area contributed by atoms with Gasteiger partial charge in [0.2, 0.25) is 5.91 Å². The molecule has 0 radical (unpaired) electrons.